The van der Waals surface area contributed by atoms with Crippen LogP contribution >= 0.6 is 35.0 Å². The molecule has 0 bridgehead atoms. The molecule has 2 heterocycles. The van der Waals surface area contributed by atoms with Crippen LogP contribution in [0.3, 0.4) is 0 Å². The minimum absolute atomic E-state index is 0.168. The van der Waals surface area contributed by atoms with Crippen LogP contribution in [-0.2, 0) is 4.79 Å². The first-order chi connectivity index (χ1) is 11.9. The molecule has 6 nitrogen and oxygen atoms in total. The molecule has 1 N–H and O–H groups in total. The van der Waals surface area contributed by atoms with Gasteiger partial charge in [-0.2, -0.15) is 9.61 Å². The lowest BCUT2D eigenvalue weighted by Gasteiger charge is -2.07. The zero-order valence-electron chi connectivity index (χ0n) is 13.5. The highest BCUT2D eigenvalue weighted by molar-refractivity contribution is 7.99. The van der Waals surface area contributed by atoms with E-state index in [0.717, 1.165) is 5.82 Å². The summed E-state index contributed by atoms with van der Waals surface area (Å²) in [7, 11) is 0. The fraction of sp³-hybridized carbons (Fsp3) is 0.250. The van der Waals surface area contributed by atoms with Gasteiger partial charge in [0.1, 0.15) is 5.03 Å². The van der Waals surface area contributed by atoms with Gasteiger partial charge >= 0.3 is 0 Å². The van der Waals surface area contributed by atoms with Crippen molar-refractivity contribution in [2.24, 2.45) is 0 Å². The van der Waals surface area contributed by atoms with Gasteiger partial charge in [-0.25, -0.2) is 0 Å². The van der Waals surface area contributed by atoms with Crippen molar-refractivity contribution in [1.82, 2.24) is 19.8 Å². The van der Waals surface area contributed by atoms with E-state index >= 15 is 0 Å². The second-order valence-corrected chi connectivity index (χ2v) is 7.52. The smallest absolute Gasteiger partial charge is 0.234 e. The molecule has 0 radical (unpaired) electrons. The lowest BCUT2D eigenvalue weighted by molar-refractivity contribution is -0.113. The number of nitrogens with zero attached hydrogens (tertiary/aromatic N) is 4. The van der Waals surface area contributed by atoms with Crippen LogP contribution in [0.2, 0.25) is 10.0 Å². The van der Waals surface area contributed by atoms with Crippen LogP contribution in [0, 0.1) is 0 Å². The Kier molecular flexibility index (Phi) is 5.46. The second-order valence-electron chi connectivity index (χ2n) is 5.65. The Morgan fingerprint density at radius 1 is 1.20 bits per heavy atom. The maximum atomic E-state index is 12.1. The van der Waals surface area contributed by atoms with Crippen LogP contribution in [-0.4, -0.2) is 31.5 Å². The van der Waals surface area contributed by atoms with E-state index in [9.17, 15) is 4.79 Å². The highest BCUT2D eigenvalue weighted by Crippen LogP contribution is 2.23. The molecule has 0 aliphatic heterocycles. The van der Waals surface area contributed by atoms with Gasteiger partial charge in [-0.1, -0.05) is 48.8 Å². The number of hydrogen-bond donors (Lipinski definition) is 1. The Labute approximate surface area is 158 Å². The van der Waals surface area contributed by atoms with E-state index in [0.29, 0.717) is 26.4 Å². The van der Waals surface area contributed by atoms with Crippen molar-refractivity contribution in [1.29, 1.82) is 0 Å². The van der Waals surface area contributed by atoms with Gasteiger partial charge in [0.25, 0.3) is 0 Å². The topological polar surface area (TPSA) is 72.2 Å². The first-order valence-electron chi connectivity index (χ1n) is 7.53. The first-order valence-corrected chi connectivity index (χ1v) is 9.27. The molecule has 3 rings (SSSR count). The third kappa shape index (κ3) is 4.42. The lowest BCUT2D eigenvalue weighted by Crippen LogP contribution is -2.14. The summed E-state index contributed by atoms with van der Waals surface area (Å²) in [6.07, 6.45) is 0. The summed E-state index contributed by atoms with van der Waals surface area (Å²) in [5.41, 5.74) is 1.25. The Morgan fingerprint density at radius 2 is 1.92 bits per heavy atom. The van der Waals surface area contributed by atoms with Crippen LogP contribution in [0.5, 0.6) is 0 Å². The van der Waals surface area contributed by atoms with Crippen LogP contribution in [0.25, 0.3) is 5.65 Å². The quantitative estimate of drug-likeness (QED) is 0.652. The number of halogens is 2. The van der Waals surface area contributed by atoms with E-state index in [4.69, 9.17) is 23.2 Å². The van der Waals surface area contributed by atoms with E-state index in [1.807, 2.05) is 26.0 Å². The van der Waals surface area contributed by atoms with E-state index in [2.05, 4.69) is 20.6 Å². The fourth-order valence-corrected chi connectivity index (χ4v) is 3.37. The summed E-state index contributed by atoms with van der Waals surface area (Å²) in [5.74, 6) is 1.04. The van der Waals surface area contributed by atoms with Crippen LogP contribution in [0.4, 0.5) is 5.69 Å². The summed E-state index contributed by atoms with van der Waals surface area (Å²) in [4.78, 5) is 12.1. The minimum atomic E-state index is -0.168. The van der Waals surface area contributed by atoms with Crippen molar-refractivity contribution < 1.29 is 4.79 Å². The largest absolute Gasteiger partial charge is 0.325 e. The number of nitrogens with one attached hydrogen (secondary N) is 1. The van der Waals surface area contributed by atoms with Gasteiger partial charge in [-0.15, -0.1) is 10.2 Å². The predicted molar refractivity (Wildman–Crippen MR) is 101 cm³/mol. The molecule has 0 spiro atoms. The SMILES string of the molecule is CC(C)c1nnc2ccc(SCC(=O)Nc3cc(Cl)cc(Cl)c3)nn12. The predicted octanol–water partition coefficient (Wildman–Crippen LogP) is 4.29. The molecule has 0 fully saturated rings. The summed E-state index contributed by atoms with van der Waals surface area (Å²) in [6.45, 7) is 4.06. The number of aromatic nitrogens is 4. The molecule has 2 aromatic heterocycles. The van der Waals surface area contributed by atoms with Gasteiger partial charge in [0.15, 0.2) is 11.5 Å². The van der Waals surface area contributed by atoms with Crippen molar-refractivity contribution >= 4 is 52.2 Å². The van der Waals surface area contributed by atoms with Crippen LogP contribution in [0.1, 0.15) is 25.6 Å². The first kappa shape index (κ1) is 18.0. The Hall–Kier alpha value is -1.83. The van der Waals surface area contributed by atoms with Gasteiger partial charge in [0.2, 0.25) is 5.91 Å². The fourth-order valence-electron chi connectivity index (χ4n) is 2.19. The van der Waals surface area contributed by atoms with Crippen molar-refractivity contribution in [2.45, 2.75) is 24.8 Å². The van der Waals surface area contributed by atoms with Crippen molar-refractivity contribution in [3.63, 3.8) is 0 Å². The lowest BCUT2D eigenvalue weighted by atomic mass is 10.2. The van der Waals surface area contributed by atoms with Crippen molar-refractivity contribution in [3.8, 4) is 0 Å². The highest BCUT2D eigenvalue weighted by atomic mass is 35.5. The van der Waals surface area contributed by atoms with Gasteiger partial charge in [0.05, 0.1) is 5.75 Å². The average Bonchev–Trinajstić information content (AvgIpc) is 2.95. The molecule has 130 valence electrons. The molecule has 1 amide bonds. The molecule has 9 heteroatoms. The molecule has 0 saturated heterocycles. The maximum absolute atomic E-state index is 12.1. The standard InChI is InChI=1S/C16H15Cl2N5OS/c1-9(2)16-21-20-13-3-4-15(22-23(13)16)25-8-14(24)19-12-6-10(17)5-11(18)7-12/h3-7,9H,8H2,1-2H3,(H,19,24). The minimum Gasteiger partial charge on any atom is -0.325 e. The van der Waals surface area contributed by atoms with Gasteiger partial charge in [-0.05, 0) is 30.3 Å². The molecule has 0 unspecified atom stereocenters. The molecule has 0 saturated carbocycles. The maximum Gasteiger partial charge on any atom is 0.234 e. The van der Waals surface area contributed by atoms with Gasteiger partial charge in [0, 0.05) is 21.7 Å². The van der Waals surface area contributed by atoms with E-state index in [1.165, 1.54) is 11.8 Å². The molecular formula is C16H15Cl2N5OS. The summed E-state index contributed by atoms with van der Waals surface area (Å²) < 4.78 is 1.71. The third-order valence-corrected chi connectivity index (χ3v) is 4.63. The Morgan fingerprint density at radius 3 is 2.60 bits per heavy atom. The molecule has 0 atom stereocenters. The Balaban J connectivity index is 1.67. The normalized spacial score (nSPS) is 11.2. The van der Waals surface area contributed by atoms with Crippen LogP contribution < -0.4 is 5.32 Å². The number of anilines is 1. The monoisotopic (exact) mass is 395 g/mol. The summed E-state index contributed by atoms with van der Waals surface area (Å²) in [6, 6.07) is 8.56. The summed E-state index contributed by atoms with van der Waals surface area (Å²) >= 11 is 13.2. The van der Waals surface area contributed by atoms with Crippen molar-refractivity contribution in [3.05, 3.63) is 46.2 Å². The molecule has 0 aliphatic carbocycles. The van der Waals surface area contributed by atoms with Crippen molar-refractivity contribution in [2.75, 3.05) is 11.1 Å². The number of carbonyl (C=O) groups excluding carboxylic acids is 1. The number of amides is 1. The molecule has 0 aliphatic rings. The average molecular weight is 396 g/mol. The zero-order valence-corrected chi connectivity index (χ0v) is 15.9. The number of fused-ring (bicyclic) bond motifs is 1. The van der Waals surface area contributed by atoms with E-state index in [1.54, 1.807) is 22.7 Å². The number of thioether (sulfide) groups is 1. The molecular weight excluding hydrogens is 381 g/mol. The number of benzene rings is 1. The van der Waals surface area contributed by atoms with E-state index in [-0.39, 0.29) is 17.6 Å². The Bertz CT molecular complexity index is 908. The zero-order chi connectivity index (χ0) is 18.0. The second kappa shape index (κ2) is 7.59. The summed E-state index contributed by atoms with van der Waals surface area (Å²) in [5, 5.41) is 17.1. The molecule has 1 aromatic carbocycles. The highest BCUT2D eigenvalue weighted by Gasteiger charge is 2.12. The molecule has 25 heavy (non-hydrogen) atoms. The van der Waals surface area contributed by atoms with Gasteiger partial charge in [-0.3, -0.25) is 4.79 Å². The van der Waals surface area contributed by atoms with Gasteiger partial charge < -0.3 is 5.32 Å². The number of hydrogen-bond acceptors (Lipinski definition) is 5. The van der Waals surface area contributed by atoms with Crippen LogP contribution in [0.15, 0.2) is 35.4 Å². The number of rotatable bonds is 5. The molecule has 3 aromatic rings. The van der Waals surface area contributed by atoms with E-state index < -0.39 is 0 Å². The number of carbonyl (C=O) groups is 1. The third-order valence-electron chi connectivity index (χ3n) is 3.28.